The Balaban J connectivity index is 0.000000381. The fourth-order valence-corrected chi connectivity index (χ4v) is 1.66. The van der Waals surface area contributed by atoms with Gasteiger partial charge in [0.15, 0.2) is 0 Å². The van der Waals surface area contributed by atoms with E-state index in [1.807, 2.05) is 58.0 Å². The lowest BCUT2D eigenvalue weighted by Crippen LogP contribution is -2.31. The topological polar surface area (TPSA) is 55.8 Å². The number of nitrogens with zero attached hydrogens (tertiary/aromatic N) is 1. The van der Waals surface area contributed by atoms with Crippen LogP contribution >= 0.6 is 0 Å². The van der Waals surface area contributed by atoms with E-state index in [2.05, 4.69) is 0 Å². The molecule has 0 aromatic heterocycles. The van der Waals surface area contributed by atoms with E-state index < -0.39 is 0 Å². The minimum Gasteiger partial charge on any atom is -0.491 e. The molecule has 0 saturated carbocycles. The van der Waals surface area contributed by atoms with E-state index in [4.69, 9.17) is 9.57 Å². The third-order valence-electron chi connectivity index (χ3n) is 2.44. The molecule has 1 saturated heterocycles. The fraction of sp³-hybridized carbons (Fsp3) is 0.556. The Labute approximate surface area is 139 Å². The Morgan fingerprint density at radius 2 is 1.35 bits per heavy atom. The molecule has 1 aliphatic rings. The summed E-state index contributed by atoms with van der Waals surface area (Å²) in [7, 11) is 0. The zero-order valence-corrected chi connectivity index (χ0v) is 15.0. The smallest absolute Gasteiger partial charge is 0.254 e. The van der Waals surface area contributed by atoms with Gasteiger partial charge in [-0.25, -0.2) is 0 Å². The monoisotopic (exact) mass is 323 g/mol. The number of carbonyl (C=O) groups is 2. The first-order valence-electron chi connectivity index (χ1n) is 8.14. The van der Waals surface area contributed by atoms with Crippen molar-refractivity contribution in [2.24, 2.45) is 0 Å². The summed E-state index contributed by atoms with van der Waals surface area (Å²) in [6.45, 7) is 11.6. The number of hydrogen-bond donors (Lipinski definition) is 0. The second kappa shape index (κ2) is 11.7. The average Bonchev–Trinajstić information content (AvgIpc) is 2.82. The van der Waals surface area contributed by atoms with Crippen molar-refractivity contribution in [3.05, 3.63) is 30.3 Å². The van der Waals surface area contributed by atoms with Crippen molar-refractivity contribution in [1.82, 2.24) is 5.06 Å². The number of hydrogen-bond acceptors (Lipinski definition) is 4. The number of ether oxygens (including phenoxy) is 1. The van der Waals surface area contributed by atoms with Gasteiger partial charge in [-0.15, -0.1) is 0 Å². The Morgan fingerprint density at radius 1 is 0.870 bits per heavy atom. The molecule has 0 spiro atoms. The van der Waals surface area contributed by atoms with Crippen LogP contribution in [0.2, 0.25) is 0 Å². The average molecular weight is 323 g/mol. The van der Waals surface area contributed by atoms with E-state index >= 15 is 0 Å². The molecule has 1 heterocycles. The molecular formula is C18H29NO4. The second-order valence-electron chi connectivity index (χ2n) is 5.22. The predicted octanol–water partition coefficient (Wildman–Crippen LogP) is 3.98. The Morgan fingerprint density at radius 3 is 1.74 bits per heavy atom. The first-order valence-corrected chi connectivity index (χ1v) is 8.14. The van der Waals surface area contributed by atoms with Gasteiger partial charge in [-0.05, 0) is 39.8 Å². The summed E-state index contributed by atoms with van der Waals surface area (Å²) in [5.41, 5.74) is 0. The molecule has 0 N–H and O–H groups in total. The maximum absolute atomic E-state index is 10.9. The highest BCUT2D eigenvalue weighted by Gasteiger charge is 2.30. The second-order valence-corrected chi connectivity index (χ2v) is 5.22. The van der Waals surface area contributed by atoms with Gasteiger partial charge in [-0.2, -0.15) is 5.06 Å². The lowest BCUT2D eigenvalue weighted by atomic mass is 10.3. The maximum Gasteiger partial charge on any atom is 0.254 e. The van der Waals surface area contributed by atoms with Crippen LogP contribution in [0.25, 0.3) is 0 Å². The van der Waals surface area contributed by atoms with Gasteiger partial charge in [0.1, 0.15) is 5.75 Å². The molecule has 1 aliphatic heterocycles. The summed E-state index contributed by atoms with van der Waals surface area (Å²) in [5, 5.41) is 0.866. The van der Waals surface area contributed by atoms with Gasteiger partial charge in [-0.1, -0.05) is 32.0 Å². The number of amides is 2. The number of carbonyl (C=O) groups excluding carboxylic acids is 2. The molecule has 5 nitrogen and oxygen atoms in total. The molecular weight excluding hydrogens is 294 g/mol. The standard InChI is InChI=1S/C9H12O.C7H11NO3.C2H6/c1-8(2)10-9-6-4-3-5-7-9;1-5(2)11-8-6(9)3-4-7(8)10;1-2/h3-8H,1-2H3;5H,3-4H2,1-2H3;1-2H3. The van der Waals surface area contributed by atoms with E-state index in [9.17, 15) is 9.59 Å². The zero-order chi connectivity index (χ0) is 17.8. The van der Waals surface area contributed by atoms with E-state index in [0.717, 1.165) is 10.8 Å². The Bertz CT molecular complexity index is 441. The van der Waals surface area contributed by atoms with Crippen molar-refractivity contribution in [3.8, 4) is 5.75 Å². The van der Waals surface area contributed by atoms with Gasteiger partial charge in [-0.3, -0.25) is 14.4 Å². The molecule has 0 aliphatic carbocycles. The molecule has 0 unspecified atom stereocenters. The number of rotatable bonds is 4. The van der Waals surface area contributed by atoms with Crippen molar-refractivity contribution in [1.29, 1.82) is 0 Å². The molecule has 5 heteroatoms. The van der Waals surface area contributed by atoms with Crippen LogP contribution < -0.4 is 4.74 Å². The number of hydroxylamine groups is 2. The molecule has 130 valence electrons. The van der Waals surface area contributed by atoms with Gasteiger partial charge in [0, 0.05) is 12.8 Å². The largest absolute Gasteiger partial charge is 0.491 e. The molecule has 1 fully saturated rings. The number of para-hydroxylation sites is 1. The first kappa shape index (κ1) is 21.1. The van der Waals surface area contributed by atoms with Crippen LogP contribution in [0, 0.1) is 0 Å². The van der Waals surface area contributed by atoms with Gasteiger partial charge < -0.3 is 4.74 Å². The molecule has 0 atom stereocenters. The number of benzene rings is 1. The Kier molecular flexibility index (Phi) is 10.7. The normalized spacial score (nSPS) is 13.5. The lowest BCUT2D eigenvalue weighted by Gasteiger charge is -2.15. The van der Waals surface area contributed by atoms with E-state index in [1.165, 1.54) is 0 Å². The quantitative estimate of drug-likeness (QED) is 0.787. The third-order valence-corrected chi connectivity index (χ3v) is 2.44. The molecule has 0 radical (unpaired) electrons. The summed E-state index contributed by atoms with van der Waals surface area (Å²) in [6, 6.07) is 9.84. The van der Waals surface area contributed by atoms with Crippen LogP contribution in [0.15, 0.2) is 30.3 Å². The van der Waals surface area contributed by atoms with Gasteiger partial charge in [0.2, 0.25) is 0 Å². The van der Waals surface area contributed by atoms with Crippen LogP contribution in [0.5, 0.6) is 5.75 Å². The van der Waals surface area contributed by atoms with E-state index in [1.54, 1.807) is 13.8 Å². The summed E-state index contributed by atoms with van der Waals surface area (Å²) < 4.78 is 5.41. The first-order chi connectivity index (χ1) is 10.9. The van der Waals surface area contributed by atoms with Crippen molar-refractivity contribution >= 4 is 11.8 Å². The minimum absolute atomic E-state index is 0.124. The van der Waals surface area contributed by atoms with Crippen LogP contribution in [0.1, 0.15) is 54.4 Å². The molecule has 0 bridgehead atoms. The minimum atomic E-state index is -0.233. The van der Waals surface area contributed by atoms with Gasteiger partial charge >= 0.3 is 0 Å². The summed E-state index contributed by atoms with van der Waals surface area (Å²) in [5.74, 6) is 0.477. The van der Waals surface area contributed by atoms with E-state index in [-0.39, 0.29) is 36.9 Å². The zero-order valence-electron chi connectivity index (χ0n) is 15.0. The summed E-state index contributed by atoms with van der Waals surface area (Å²) in [4.78, 5) is 26.8. The summed E-state index contributed by atoms with van der Waals surface area (Å²) in [6.07, 6.45) is 0.709. The molecule has 1 aromatic carbocycles. The molecule has 23 heavy (non-hydrogen) atoms. The summed E-state index contributed by atoms with van der Waals surface area (Å²) >= 11 is 0. The molecule has 2 amide bonds. The fourth-order valence-electron chi connectivity index (χ4n) is 1.66. The van der Waals surface area contributed by atoms with E-state index in [0.29, 0.717) is 0 Å². The SMILES string of the molecule is CC.CC(C)ON1C(=O)CCC1=O.CC(C)Oc1ccccc1. The van der Waals surface area contributed by atoms with Crippen molar-refractivity contribution in [3.63, 3.8) is 0 Å². The molecule has 2 rings (SSSR count). The lowest BCUT2D eigenvalue weighted by molar-refractivity contribution is -0.198. The van der Waals surface area contributed by atoms with Gasteiger partial charge in [0.25, 0.3) is 11.8 Å². The molecule has 1 aromatic rings. The van der Waals surface area contributed by atoms with Crippen LogP contribution in [-0.2, 0) is 14.4 Å². The van der Waals surface area contributed by atoms with Crippen molar-refractivity contribution in [2.45, 2.75) is 66.6 Å². The predicted molar refractivity (Wildman–Crippen MR) is 90.9 cm³/mol. The van der Waals surface area contributed by atoms with Crippen LogP contribution in [0.4, 0.5) is 0 Å². The maximum atomic E-state index is 10.9. The third kappa shape index (κ3) is 8.98. The van der Waals surface area contributed by atoms with Gasteiger partial charge in [0.05, 0.1) is 12.2 Å². The highest BCUT2D eigenvalue weighted by atomic mass is 16.7. The van der Waals surface area contributed by atoms with Crippen molar-refractivity contribution in [2.75, 3.05) is 0 Å². The number of imide groups is 1. The Hall–Kier alpha value is -1.88. The van der Waals surface area contributed by atoms with Crippen molar-refractivity contribution < 1.29 is 19.2 Å². The highest BCUT2D eigenvalue weighted by molar-refractivity contribution is 6.00. The highest BCUT2D eigenvalue weighted by Crippen LogP contribution is 2.13. The van der Waals surface area contributed by atoms with Crippen LogP contribution in [-0.4, -0.2) is 29.1 Å². The van der Waals surface area contributed by atoms with Crippen LogP contribution in [0.3, 0.4) is 0 Å².